The van der Waals surface area contributed by atoms with E-state index in [4.69, 9.17) is 9.47 Å². The van der Waals surface area contributed by atoms with Crippen LogP contribution in [0.2, 0.25) is 0 Å². The average molecular weight is 514 g/mol. The molecule has 1 aliphatic carbocycles. The maximum absolute atomic E-state index is 14.1. The number of rotatable bonds is 8. The van der Waals surface area contributed by atoms with E-state index >= 15 is 0 Å². The van der Waals surface area contributed by atoms with Crippen LogP contribution in [0.25, 0.3) is 0 Å². The molecule has 1 unspecified atom stereocenters. The van der Waals surface area contributed by atoms with Crippen molar-refractivity contribution in [1.82, 2.24) is 4.90 Å². The van der Waals surface area contributed by atoms with Gasteiger partial charge in [0.15, 0.2) is 6.10 Å². The minimum Gasteiger partial charge on any atom is -0.488 e. The summed E-state index contributed by atoms with van der Waals surface area (Å²) in [6.45, 7) is 4.61. The summed E-state index contributed by atoms with van der Waals surface area (Å²) in [6, 6.07) is 22.3. The standard InChI is InChI=1S/C32H35NO5/c1-22-15-16-25-20-33(27(31(35)36)19-26(25)28(22)37-21-23-11-5-3-6-12-23)30(34)29(24-13-7-4-8-14-24)38-32(2)17-9-10-18-32/h3-8,11-16,27,29H,9-10,17-21H2,1-2H3,(H,35,36)/t27-,29?/m1/s1. The summed E-state index contributed by atoms with van der Waals surface area (Å²) in [6.07, 6.45) is 3.22. The van der Waals surface area contributed by atoms with Gasteiger partial charge in [0, 0.05) is 18.5 Å². The normalized spacial score (nSPS) is 19.0. The first kappa shape index (κ1) is 26.0. The number of amides is 1. The third kappa shape index (κ3) is 5.46. The van der Waals surface area contributed by atoms with Gasteiger partial charge < -0.3 is 19.5 Å². The van der Waals surface area contributed by atoms with E-state index in [1.807, 2.05) is 79.7 Å². The molecule has 1 heterocycles. The van der Waals surface area contributed by atoms with Crippen molar-refractivity contribution in [1.29, 1.82) is 0 Å². The van der Waals surface area contributed by atoms with E-state index in [1.54, 1.807) is 0 Å². The van der Waals surface area contributed by atoms with Crippen LogP contribution >= 0.6 is 0 Å². The summed E-state index contributed by atoms with van der Waals surface area (Å²) in [4.78, 5) is 28.2. The van der Waals surface area contributed by atoms with Crippen LogP contribution in [0.4, 0.5) is 0 Å². The highest BCUT2D eigenvalue weighted by Gasteiger charge is 2.42. The Morgan fingerprint density at radius 3 is 2.32 bits per heavy atom. The first-order valence-corrected chi connectivity index (χ1v) is 13.4. The maximum Gasteiger partial charge on any atom is 0.326 e. The monoisotopic (exact) mass is 513 g/mol. The van der Waals surface area contributed by atoms with E-state index in [0.29, 0.717) is 12.4 Å². The number of carbonyl (C=O) groups is 2. The van der Waals surface area contributed by atoms with Crippen molar-refractivity contribution in [2.75, 3.05) is 0 Å². The fraction of sp³-hybridized carbons (Fsp3) is 0.375. The van der Waals surface area contributed by atoms with Crippen molar-refractivity contribution in [3.8, 4) is 5.75 Å². The van der Waals surface area contributed by atoms with Crippen LogP contribution in [0.5, 0.6) is 5.75 Å². The van der Waals surface area contributed by atoms with Crippen molar-refractivity contribution < 1.29 is 24.2 Å². The smallest absolute Gasteiger partial charge is 0.326 e. The zero-order valence-electron chi connectivity index (χ0n) is 22.1. The zero-order valence-corrected chi connectivity index (χ0v) is 22.1. The molecular formula is C32H35NO5. The number of carboxylic acids is 1. The molecule has 0 bridgehead atoms. The number of nitrogens with zero attached hydrogens (tertiary/aromatic N) is 1. The van der Waals surface area contributed by atoms with Gasteiger partial charge in [-0.25, -0.2) is 4.79 Å². The van der Waals surface area contributed by atoms with Crippen LogP contribution in [-0.2, 0) is 33.9 Å². The molecule has 1 aliphatic heterocycles. The van der Waals surface area contributed by atoms with Gasteiger partial charge in [-0.2, -0.15) is 0 Å². The van der Waals surface area contributed by atoms with Gasteiger partial charge in [0.25, 0.3) is 5.91 Å². The lowest BCUT2D eigenvalue weighted by atomic mass is 9.90. The number of aryl methyl sites for hydroxylation is 1. The summed E-state index contributed by atoms with van der Waals surface area (Å²) in [5.74, 6) is -0.632. The molecule has 0 saturated heterocycles. The van der Waals surface area contributed by atoms with Gasteiger partial charge in [0.2, 0.25) is 0 Å². The second kappa shape index (κ2) is 11.0. The topological polar surface area (TPSA) is 76.1 Å². The quantitative estimate of drug-likeness (QED) is 0.400. The minimum atomic E-state index is -1.03. The Morgan fingerprint density at radius 2 is 1.66 bits per heavy atom. The molecule has 6 heteroatoms. The summed E-state index contributed by atoms with van der Waals surface area (Å²) in [5.41, 5.74) is 4.09. The van der Waals surface area contributed by atoms with Gasteiger partial charge in [-0.1, -0.05) is 85.6 Å². The maximum atomic E-state index is 14.1. The predicted octanol–water partition coefficient (Wildman–Crippen LogP) is 6.00. The number of ether oxygens (including phenoxy) is 2. The fourth-order valence-electron chi connectivity index (χ4n) is 5.70. The highest BCUT2D eigenvalue weighted by atomic mass is 16.5. The molecule has 5 rings (SSSR count). The molecular weight excluding hydrogens is 478 g/mol. The van der Waals surface area contributed by atoms with Gasteiger partial charge in [0.05, 0.1) is 5.60 Å². The van der Waals surface area contributed by atoms with Crippen molar-refractivity contribution in [3.05, 3.63) is 101 Å². The molecule has 1 N–H and O–H groups in total. The summed E-state index contributed by atoms with van der Waals surface area (Å²) >= 11 is 0. The highest BCUT2D eigenvalue weighted by molar-refractivity contribution is 5.88. The predicted molar refractivity (Wildman–Crippen MR) is 145 cm³/mol. The van der Waals surface area contributed by atoms with Crippen LogP contribution in [0.1, 0.15) is 66.5 Å². The molecule has 2 atom stereocenters. The molecule has 1 fully saturated rings. The van der Waals surface area contributed by atoms with Gasteiger partial charge >= 0.3 is 5.97 Å². The Balaban J connectivity index is 1.46. The Kier molecular flexibility index (Phi) is 7.52. The average Bonchev–Trinajstić information content (AvgIpc) is 3.37. The number of carboxylic acid groups (broad SMARTS) is 1. The molecule has 2 aliphatic rings. The third-order valence-corrected chi connectivity index (χ3v) is 7.85. The zero-order chi connectivity index (χ0) is 26.7. The van der Waals surface area contributed by atoms with Crippen LogP contribution in [0.15, 0.2) is 72.8 Å². The Labute approximate surface area is 224 Å². The molecule has 0 radical (unpaired) electrons. The molecule has 6 nitrogen and oxygen atoms in total. The number of hydrogen-bond acceptors (Lipinski definition) is 4. The lowest BCUT2D eigenvalue weighted by Crippen LogP contribution is -2.51. The van der Waals surface area contributed by atoms with E-state index in [1.165, 1.54) is 4.90 Å². The molecule has 38 heavy (non-hydrogen) atoms. The Hall–Kier alpha value is -3.64. The number of hydrogen-bond donors (Lipinski definition) is 1. The molecule has 1 saturated carbocycles. The molecule has 198 valence electrons. The molecule has 3 aromatic carbocycles. The van der Waals surface area contributed by atoms with E-state index in [2.05, 4.69) is 6.92 Å². The lowest BCUT2D eigenvalue weighted by Gasteiger charge is -2.39. The number of carbonyl (C=O) groups excluding carboxylic acids is 1. The highest BCUT2D eigenvalue weighted by Crippen LogP contribution is 2.40. The van der Waals surface area contributed by atoms with Crippen LogP contribution in [-0.4, -0.2) is 33.5 Å². The van der Waals surface area contributed by atoms with Crippen molar-refractivity contribution in [3.63, 3.8) is 0 Å². The third-order valence-electron chi connectivity index (χ3n) is 7.85. The molecule has 0 aromatic heterocycles. The molecule has 0 spiro atoms. The van der Waals surface area contributed by atoms with Crippen LogP contribution < -0.4 is 4.74 Å². The lowest BCUT2D eigenvalue weighted by molar-refractivity contribution is -0.166. The van der Waals surface area contributed by atoms with Crippen LogP contribution in [0.3, 0.4) is 0 Å². The first-order chi connectivity index (χ1) is 18.3. The second-order valence-electron chi connectivity index (χ2n) is 10.7. The van der Waals surface area contributed by atoms with E-state index < -0.39 is 23.7 Å². The van der Waals surface area contributed by atoms with E-state index in [-0.39, 0.29) is 18.9 Å². The van der Waals surface area contributed by atoms with Gasteiger partial charge in [-0.05, 0) is 48.9 Å². The summed E-state index contributed by atoms with van der Waals surface area (Å²) in [5, 5.41) is 10.3. The molecule has 3 aromatic rings. The number of aliphatic carboxylic acids is 1. The van der Waals surface area contributed by atoms with Gasteiger partial charge in [-0.3, -0.25) is 4.79 Å². The number of benzene rings is 3. The van der Waals surface area contributed by atoms with E-state index in [0.717, 1.165) is 53.5 Å². The Morgan fingerprint density at radius 1 is 1.00 bits per heavy atom. The SMILES string of the molecule is Cc1ccc2c(c1OCc1ccccc1)C[C@H](C(=O)O)N(C(=O)C(OC1(C)CCCC1)c1ccccc1)C2. The van der Waals surface area contributed by atoms with Crippen LogP contribution in [0, 0.1) is 6.92 Å². The van der Waals surface area contributed by atoms with Gasteiger partial charge in [-0.15, -0.1) is 0 Å². The minimum absolute atomic E-state index is 0.182. The number of fused-ring (bicyclic) bond motifs is 1. The van der Waals surface area contributed by atoms with Crippen molar-refractivity contribution >= 4 is 11.9 Å². The van der Waals surface area contributed by atoms with Crippen molar-refractivity contribution in [2.24, 2.45) is 0 Å². The fourth-order valence-corrected chi connectivity index (χ4v) is 5.70. The van der Waals surface area contributed by atoms with Gasteiger partial charge in [0.1, 0.15) is 18.4 Å². The Bertz CT molecular complexity index is 1280. The second-order valence-corrected chi connectivity index (χ2v) is 10.7. The summed E-state index contributed by atoms with van der Waals surface area (Å²) < 4.78 is 12.8. The first-order valence-electron chi connectivity index (χ1n) is 13.4. The molecule has 1 amide bonds. The van der Waals surface area contributed by atoms with Crippen molar-refractivity contribution in [2.45, 2.75) is 76.9 Å². The largest absolute Gasteiger partial charge is 0.488 e. The summed E-state index contributed by atoms with van der Waals surface area (Å²) in [7, 11) is 0. The van der Waals surface area contributed by atoms with E-state index in [9.17, 15) is 14.7 Å².